The Balaban J connectivity index is 2.09. The molecule has 0 N–H and O–H groups in total. The summed E-state index contributed by atoms with van der Waals surface area (Å²) in [7, 11) is 0. The molecule has 0 unspecified atom stereocenters. The van der Waals surface area contributed by atoms with Crippen LogP contribution in [-0.4, -0.2) is 20.5 Å². The summed E-state index contributed by atoms with van der Waals surface area (Å²) in [5.74, 6) is 0.338. The number of rotatable bonds is 5. The van der Waals surface area contributed by atoms with Crippen molar-refractivity contribution in [2.75, 3.05) is 0 Å². The Morgan fingerprint density at radius 3 is 2.94 bits per heavy atom. The summed E-state index contributed by atoms with van der Waals surface area (Å²) < 4.78 is 1.71. The lowest BCUT2D eigenvalue weighted by molar-refractivity contribution is 0.0971. The van der Waals surface area contributed by atoms with E-state index in [-0.39, 0.29) is 5.78 Å². The zero-order valence-corrected chi connectivity index (χ0v) is 10.8. The van der Waals surface area contributed by atoms with Gasteiger partial charge in [0.1, 0.15) is 6.33 Å². The number of carbonyl (C=O) groups excluding carboxylic acids is 1. The van der Waals surface area contributed by atoms with Crippen molar-refractivity contribution in [3.63, 3.8) is 0 Å². The molecule has 0 spiro atoms. The Bertz CT molecular complexity index is 545. The number of carbonyl (C=O) groups is 1. The fourth-order valence-electron chi connectivity index (χ4n) is 1.84. The van der Waals surface area contributed by atoms with Gasteiger partial charge in [-0.05, 0) is 18.9 Å². The van der Waals surface area contributed by atoms with Crippen LogP contribution in [0.15, 0.2) is 30.6 Å². The molecule has 0 bridgehead atoms. The van der Waals surface area contributed by atoms with E-state index >= 15 is 0 Å². The molecule has 0 aliphatic heterocycles. The molecule has 0 atom stereocenters. The number of Topliss-reactive ketones (excluding diaryl/α,β-unsaturated/α-hetero) is 1. The first-order chi connectivity index (χ1) is 8.69. The molecule has 4 heteroatoms. The van der Waals surface area contributed by atoms with Crippen LogP contribution in [0.25, 0.3) is 0 Å². The van der Waals surface area contributed by atoms with Crippen LogP contribution in [0, 0.1) is 6.92 Å². The van der Waals surface area contributed by atoms with E-state index in [9.17, 15) is 4.79 Å². The Morgan fingerprint density at radius 1 is 1.39 bits per heavy atom. The van der Waals surface area contributed by atoms with Gasteiger partial charge in [-0.2, -0.15) is 0 Å². The van der Waals surface area contributed by atoms with Gasteiger partial charge in [0.2, 0.25) is 11.6 Å². The predicted octanol–water partition coefficient (Wildman–Crippen LogP) is 2.62. The van der Waals surface area contributed by atoms with Crippen LogP contribution >= 0.6 is 0 Å². The summed E-state index contributed by atoms with van der Waals surface area (Å²) >= 11 is 0. The summed E-state index contributed by atoms with van der Waals surface area (Å²) in [6.07, 6.45) is 2.95. The fourth-order valence-corrected chi connectivity index (χ4v) is 1.84. The van der Waals surface area contributed by atoms with Gasteiger partial charge < -0.3 is 0 Å². The van der Waals surface area contributed by atoms with Gasteiger partial charge in [-0.25, -0.2) is 9.67 Å². The maximum Gasteiger partial charge on any atom is 0.217 e. The van der Waals surface area contributed by atoms with E-state index in [1.807, 2.05) is 19.1 Å². The predicted molar refractivity (Wildman–Crippen MR) is 69.5 cm³/mol. The Kier molecular flexibility index (Phi) is 3.87. The molecule has 0 aliphatic rings. The highest BCUT2D eigenvalue weighted by atomic mass is 16.1. The minimum absolute atomic E-state index is 0.0143. The second-order valence-corrected chi connectivity index (χ2v) is 4.43. The molecular formula is C14H17N3O. The number of aryl methyl sites for hydroxylation is 1. The molecule has 0 saturated carbocycles. The minimum Gasteiger partial charge on any atom is -0.291 e. The Morgan fingerprint density at radius 2 is 2.22 bits per heavy atom. The number of ketones is 1. The Labute approximate surface area is 107 Å². The number of nitrogens with zero attached hydrogens (tertiary/aromatic N) is 3. The third-order valence-electron chi connectivity index (χ3n) is 2.69. The van der Waals surface area contributed by atoms with Gasteiger partial charge in [-0.3, -0.25) is 4.79 Å². The van der Waals surface area contributed by atoms with Crippen LogP contribution < -0.4 is 0 Å². The molecule has 1 aromatic carbocycles. The lowest BCUT2D eigenvalue weighted by Gasteiger charge is -2.01. The summed E-state index contributed by atoms with van der Waals surface area (Å²) in [5.41, 5.74) is 2.38. The smallest absolute Gasteiger partial charge is 0.217 e. The van der Waals surface area contributed by atoms with Crippen molar-refractivity contribution in [3.05, 3.63) is 47.5 Å². The number of benzene rings is 1. The third-order valence-corrected chi connectivity index (χ3v) is 2.69. The first kappa shape index (κ1) is 12.5. The van der Waals surface area contributed by atoms with Crippen molar-refractivity contribution in [3.8, 4) is 0 Å². The molecule has 1 heterocycles. The Hall–Kier alpha value is -1.97. The van der Waals surface area contributed by atoms with E-state index in [4.69, 9.17) is 0 Å². The van der Waals surface area contributed by atoms with Gasteiger partial charge in [-0.1, -0.05) is 36.8 Å². The minimum atomic E-state index is 0.0143. The largest absolute Gasteiger partial charge is 0.291 e. The number of aromatic nitrogens is 3. The van der Waals surface area contributed by atoms with Gasteiger partial charge in [0, 0.05) is 6.42 Å². The average molecular weight is 243 g/mol. The van der Waals surface area contributed by atoms with Gasteiger partial charge in [-0.15, -0.1) is 5.10 Å². The number of hydrogen-bond donors (Lipinski definition) is 0. The van der Waals surface area contributed by atoms with Gasteiger partial charge in [0.25, 0.3) is 0 Å². The molecule has 94 valence electrons. The lowest BCUT2D eigenvalue weighted by Crippen LogP contribution is -2.05. The number of hydrogen-bond acceptors (Lipinski definition) is 3. The summed E-state index contributed by atoms with van der Waals surface area (Å²) in [5, 5.41) is 4.21. The maximum atomic E-state index is 11.6. The van der Waals surface area contributed by atoms with Gasteiger partial charge in [0.15, 0.2) is 0 Å². The summed E-state index contributed by atoms with van der Waals surface area (Å²) in [4.78, 5) is 15.7. The van der Waals surface area contributed by atoms with Crippen molar-refractivity contribution < 1.29 is 4.79 Å². The first-order valence-electron chi connectivity index (χ1n) is 6.17. The topological polar surface area (TPSA) is 47.8 Å². The van der Waals surface area contributed by atoms with Crippen molar-refractivity contribution in [2.45, 2.75) is 33.2 Å². The van der Waals surface area contributed by atoms with E-state index in [1.54, 1.807) is 11.0 Å². The van der Waals surface area contributed by atoms with E-state index in [0.29, 0.717) is 18.8 Å². The first-order valence-corrected chi connectivity index (χ1v) is 6.17. The maximum absolute atomic E-state index is 11.6. The van der Waals surface area contributed by atoms with Crippen molar-refractivity contribution in [1.82, 2.24) is 14.8 Å². The van der Waals surface area contributed by atoms with E-state index in [0.717, 1.165) is 12.0 Å². The van der Waals surface area contributed by atoms with Crippen molar-refractivity contribution >= 4 is 5.78 Å². The van der Waals surface area contributed by atoms with Crippen LogP contribution in [0.2, 0.25) is 0 Å². The summed E-state index contributed by atoms with van der Waals surface area (Å²) in [6.45, 7) is 4.68. The molecule has 2 aromatic rings. The van der Waals surface area contributed by atoms with Crippen LogP contribution in [0.1, 0.15) is 41.5 Å². The zero-order chi connectivity index (χ0) is 13.0. The van der Waals surface area contributed by atoms with Crippen LogP contribution in [0.5, 0.6) is 0 Å². The van der Waals surface area contributed by atoms with E-state index in [1.165, 1.54) is 5.56 Å². The normalized spacial score (nSPS) is 10.6. The van der Waals surface area contributed by atoms with Crippen LogP contribution in [0.4, 0.5) is 0 Å². The van der Waals surface area contributed by atoms with E-state index in [2.05, 4.69) is 29.1 Å². The third kappa shape index (κ3) is 3.03. The quantitative estimate of drug-likeness (QED) is 0.758. The molecule has 2 rings (SSSR count). The molecule has 0 fully saturated rings. The van der Waals surface area contributed by atoms with Crippen LogP contribution in [0.3, 0.4) is 0 Å². The van der Waals surface area contributed by atoms with Gasteiger partial charge >= 0.3 is 0 Å². The second kappa shape index (κ2) is 5.58. The monoisotopic (exact) mass is 243 g/mol. The molecule has 0 amide bonds. The highest BCUT2D eigenvalue weighted by Gasteiger charge is 2.10. The lowest BCUT2D eigenvalue weighted by atomic mass is 10.1. The van der Waals surface area contributed by atoms with Crippen LogP contribution in [-0.2, 0) is 6.54 Å². The standard InChI is InChI=1S/C14H17N3O/c1-3-5-13(18)14-15-10-17(16-14)9-12-7-4-6-11(2)8-12/h4,6-8,10H,3,5,9H2,1-2H3. The molecule has 0 saturated heterocycles. The second-order valence-electron chi connectivity index (χ2n) is 4.43. The highest BCUT2D eigenvalue weighted by Crippen LogP contribution is 2.06. The summed E-state index contributed by atoms with van der Waals surface area (Å²) in [6, 6.07) is 8.23. The van der Waals surface area contributed by atoms with Crippen molar-refractivity contribution in [2.24, 2.45) is 0 Å². The average Bonchev–Trinajstić information content (AvgIpc) is 2.78. The fraction of sp³-hybridized carbons (Fsp3) is 0.357. The SMILES string of the molecule is CCCC(=O)c1ncn(Cc2cccc(C)c2)n1. The highest BCUT2D eigenvalue weighted by molar-refractivity contribution is 5.92. The van der Waals surface area contributed by atoms with E-state index < -0.39 is 0 Å². The zero-order valence-electron chi connectivity index (χ0n) is 10.8. The molecule has 0 radical (unpaired) electrons. The molecular weight excluding hydrogens is 226 g/mol. The van der Waals surface area contributed by atoms with Gasteiger partial charge in [0.05, 0.1) is 6.54 Å². The molecule has 1 aromatic heterocycles. The molecule has 0 aliphatic carbocycles. The molecule has 4 nitrogen and oxygen atoms in total. The van der Waals surface area contributed by atoms with Crippen molar-refractivity contribution in [1.29, 1.82) is 0 Å². The molecule has 18 heavy (non-hydrogen) atoms.